The first kappa shape index (κ1) is 15.2. The molecule has 21 heavy (non-hydrogen) atoms. The Morgan fingerprint density at radius 3 is 2.76 bits per heavy atom. The highest BCUT2D eigenvalue weighted by Crippen LogP contribution is 2.20. The molecule has 0 atom stereocenters. The summed E-state index contributed by atoms with van der Waals surface area (Å²) < 4.78 is 6.93. The van der Waals surface area contributed by atoms with Crippen LogP contribution in [0.2, 0.25) is 0 Å². The Labute approximate surface area is 124 Å². The van der Waals surface area contributed by atoms with E-state index in [1.807, 2.05) is 38.1 Å². The number of carbonyl (C=O) groups is 1. The summed E-state index contributed by atoms with van der Waals surface area (Å²) in [5.41, 5.74) is 1.65. The largest absolute Gasteiger partial charge is 0.493 e. The third kappa shape index (κ3) is 3.46. The number of carbonyl (C=O) groups excluding carboxylic acids is 1. The predicted molar refractivity (Wildman–Crippen MR) is 79.7 cm³/mol. The lowest BCUT2D eigenvalue weighted by atomic mass is 10.1. The van der Waals surface area contributed by atoms with E-state index in [9.17, 15) is 4.79 Å². The topological polar surface area (TPSA) is 60.2 Å². The van der Waals surface area contributed by atoms with Gasteiger partial charge in [-0.3, -0.25) is 9.48 Å². The summed E-state index contributed by atoms with van der Waals surface area (Å²) in [5.74, 6) is 0.300. The Morgan fingerprint density at radius 2 is 2.14 bits per heavy atom. The van der Waals surface area contributed by atoms with Gasteiger partial charge in [0, 0.05) is 12.2 Å². The first-order chi connectivity index (χ1) is 10.0. The van der Waals surface area contributed by atoms with Crippen LogP contribution in [0.25, 0.3) is 0 Å². The number of aromatic nitrogens is 3. The highest BCUT2D eigenvalue weighted by Gasteiger charge is 2.22. The molecule has 0 radical (unpaired) electrons. The molecule has 0 spiro atoms. The van der Waals surface area contributed by atoms with Crippen molar-refractivity contribution in [2.75, 3.05) is 27.7 Å². The summed E-state index contributed by atoms with van der Waals surface area (Å²) in [4.78, 5) is 19.0. The third-order valence-corrected chi connectivity index (χ3v) is 3.12. The summed E-state index contributed by atoms with van der Waals surface area (Å²) >= 11 is 0. The van der Waals surface area contributed by atoms with Crippen LogP contribution >= 0.6 is 0 Å². The van der Waals surface area contributed by atoms with Gasteiger partial charge in [-0.05, 0) is 33.2 Å². The zero-order valence-corrected chi connectivity index (χ0v) is 12.8. The molecule has 0 aromatic carbocycles. The molecular weight excluding hydrogens is 268 g/mol. The van der Waals surface area contributed by atoms with E-state index in [0.717, 1.165) is 12.2 Å². The summed E-state index contributed by atoms with van der Waals surface area (Å²) in [6.07, 6.45) is 1.57. The van der Waals surface area contributed by atoms with Gasteiger partial charge in [0.2, 0.25) is 5.78 Å². The Hall–Kier alpha value is -2.21. The maximum absolute atomic E-state index is 12.7. The molecule has 112 valence electrons. The van der Waals surface area contributed by atoms with Gasteiger partial charge in [-0.1, -0.05) is 6.07 Å². The molecule has 6 heteroatoms. The van der Waals surface area contributed by atoms with E-state index in [1.165, 1.54) is 7.11 Å². The van der Waals surface area contributed by atoms with Crippen molar-refractivity contribution in [2.24, 2.45) is 0 Å². The quantitative estimate of drug-likeness (QED) is 0.752. The summed E-state index contributed by atoms with van der Waals surface area (Å²) in [6, 6.07) is 5.39. The Kier molecular flexibility index (Phi) is 4.70. The molecule has 0 aliphatic carbocycles. The molecule has 2 aromatic heterocycles. The SMILES string of the molecule is COc1cnn(CCN(C)C)c1C(=O)c1cccc(C)n1. The van der Waals surface area contributed by atoms with E-state index < -0.39 is 0 Å². The average molecular weight is 288 g/mol. The number of aryl methyl sites for hydroxylation is 1. The van der Waals surface area contributed by atoms with Crippen molar-refractivity contribution >= 4 is 5.78 Å². The second kappa shape index (κ2) is 6.49. The number of hydrogen-bond donors (Lipinski definition) is 0. The van der Waals surface area contributed by atoms with Crippen molar-refractivity contribution in [1.82, 2.24) is 19.7 Å². The molecule has 0 N–H and O–H groups in total. The zero-order valence-electron chi connectivity index (χ0n) is 12.8. The smallest absolute Gasteiger partial charge is 0.233 e. The van der Waals surface area contributed by atoms with Crippen LogP contribution in [-0.2, 0) is 6.54 Å². The minimum atomic E-state index is -0.174. The summed E-state index contributed by atoms with van der Waals surface area (Å²) in [6.45, 7) is 3.26. The monoisotopic (exact) mass is 288 g/mol. The standard InChI is InChI=1S/C15H20N4O2/c1-11-6-5-7-12(17-11)15(20)14-13(21-4)10-16-19(14)9-8-18(2)3/h5-7,10H,8-9H2,1-4H3. The predicted octanol–water partition coefficient (Wildman–Crippen LogP) is 1.39. The fourth-order valence-corrected chi connectivity index (χ4v) is 2.00. The van der Waals surface area contributed by atoms with Crippen LogP contribution in [0.1, 0.15) is 21.9 Å². The van der Waals surface area contributed by atoms with Crippen LogP contribution < -0.4 is 4.74 Å². The van der Waals surface area contributed by atoms with Crippen molar-refractivity contribution in [3.05, 3.63) is 41.5 Å². The van der Waals surface area contributed by atoms with Crippen LogP contribution in [0, 0.1) is 6.92 Å². The molecule has 2 heterocycles. The lowest BCUT2D eigenvalue weighted by Gasteiger charge is -2.12. The second-order valence-corrected chi connectivity index (χ2v) is 5.08. The maximum atomic E-state index is 12.7. The third-order valence-electron chi connectivity index (χ3n) is 3.12. The number of likely N-dealkylation sites (N-methyl/N-ethyl adjacent to an activating group) is 1. The van der Waals surface area contributed by atoms with Gasteiger partial charge < -0.3 is 9.64 Å². The summed E-state index contributed by atoms with van der Waals surface area (Å²) in [5, 5.41) is 4.24. The molecule has 0 amide bonds. The highest BCUT2D eigenvalue weighted by molar-refractivity contribution is 6.08. The first-order valence-corrected chi connectivity index (χ1v) is 6.76. The minimum absolute atomic E-state index is 0.174. The van der Waals surface area contributed by atoms with Crippen molar-refractivity contribution in [3.8, 4) is 5.75 Å². The maximum Gasteiger partial charge on any atom is 0.233 e. The van der Waals surface area contributed by atoms with Gasteiger partial charge >= 0.3 is 0 Å². The summed E-state index contributed by atoms with van der Waals surface area (Å²) in [7, 11) is 5.49. The van der Waals surface area contributed by atoms with Crippen molar-refractivity contribution in [2.45, 2.75) is 13.5 Å². The van der Waals surface area contributed by atoms with Crippen LogP contribution in [0.3, 0.4) is 0 Å². The minimum Gasteiger partial charge on any atom is -0.493 e. The van der Waals surface area contributed by atoms with Crippen LogP contribution in [0.15, 0.2) is 24.4 Å². The van der Waals surface area contributed by atoms with Crippen LogP contribution in [0.5, 0.6) is 5.75 Å². The van der Waals surface area contributed by atoms with E-state index in [2.05, 4.69) is 10.1 Å². The van der Waals surface area contributed by atoms with E-state index in [0.29, 0.717) is 23.7 Å². The number of ketones is 1. The van der Waals surface area contributed by atoms with Gasteiger partial charge in [-0.25, -0.2) is 4.98 Å². The number of ether oxygens (including phenoxy) is 1. The number of nitrogens with zero attached hydrogens (tertiary/aromatic N) is 4. The van der Waals surface area contributed by atoms with E-state index in [-0.39, 0.29) is 5.78 Å². The van der Waals surface area contributed by atoms with E-state index >= 15 is 0 Å². The molecule has 0 unspecified atom stereocenters. The molecule has 6 nitrogen and oxygen atoms in total. The van der Waals surface area contributed by atoms with E-state index in [1.54, 1.807) is 16.9 Å². The molecule has 0 saturated heterocycles. The van der Waals surface area contributed by atoms with Crippen molar-refractivity contribution in [3.63, 3.8) is 0 Å². The van der Waals surface area contributed by atoms with E-state index in [4.69, 9.17) is 4.74 Å². The fraction of sp³-hybridized carbons (Fsp3) is 0.400. The number of rotatable bonds is 6. The van der Waals surface area contributed by atoms with Crippen molar-refractivity contribution < 1.29 is 9.53 Å². The number of methoxy groups -OCH3 is 1. The number of hydrogen-bond acceptors (Lipinski definition) is 5. The molecular formula is C15H20N4O2. The molecule has 0 fully saturated rings. The van der Waals surface area contributed by atoms with Gasteiger partial charge in [0.1, 0.15) is 5.69 Å². The van der Waals surface area contributed by atoms with Crippen LogP contribution in [-0.4, -0.2) is 53.2 Å². The lowest BCUT2D eigenvalue weighted by Crippen LogP contribution is -2.22. The van der Waals surface area contributed by atoms with Gasteiger partial charge in [0.25, 0.3) is 0 Å². The molecule has 0 aliphatic rings. The van der Waals surface area contributed by atoms with Gasteiger partial charge in [0.05, 0.1) is 19.9 Å². The molecule has 0 saturated carbocycles. The van der Waals surface area contributed by atoms with Crippen molar-refractivity contribution in [1.29, 1.82) is 0 Å². The average Bonchev–Trinajstić information content (AvgIpc) is 2.87. The van der Waals surface area contributed by atoms with Gasteiger partial charge in [-0.15, -0.1) is 0 Å². The molecule has 2 rings (SSSR count). The second-order valence-electron chi connectivity index (χ2n) is 5.08. The molecule has 0 bridgehead atoms. The zero-order chi connectivity index (χ0) is 15.4. The Balaban J connectivity index is 2.36. The van der Waals surface area contributed by atoms with Crippen LogP contribution in [0.4, 0.5) is 0 Å². The fourth-order valence-electron chi connectivity index (χ4n) is 2.00. The highest BCUT2D eigenvalue weighted by atomic mass is 16.5. The lowest BCUT2D eigenvalue weighted by molar-refractivity contribution is 0.102. The Bertz CT molecular complexity index is 634. The molecule has 0 aliphatic heterocycles. The first-order valence-electron chi connectivity index (χ1n) is 6.76. The van der Waals surface area contributed by atoms with Gasteiger partial charge in [-0.2, -0.15) is 5.10 Å². The Morgan fingerprint density at radius 1 is 1.38 bits per heavy atom. The van der Waals surface area contributed by atoms with Gasteiger partial charge in [0.15, 0.2) is 11.4 Å². The normalized spacial score (nSPS) is 10.9. The number of pyridine rings is 1. The molecule has 2 aromatic rings.